The molecule has 0 unspecified atom stereocenters. The lowest BCUT2D eigenvalue weighted by Gasteiger charge is -2.22. The lowest BCUT2D eigenvalue weighted by molar-refractivity contribution is -0.115. The van der Waals surface area contributed by atoms with Gasteiger partial charge in [0.1, 0.15) is 14.7 Å². The van der Waals surface area contributed by atoms with E-state index in [0.717, 1.165) is 11.6 Å². The van der Waals surface area contributed by atoms with Crippen molar-refractivity contribution < 1.29 is 9.90 Å². The summed E-state index contributed by atoms with van der Waals surface area (Å²) in [7, 11) is 2.73. The maximum absolute atomic E-state index is 11.9. The molecule has 2 rings (SSSR count). The molecule has 124 valence electrons. The van der Waals surface area contributed by atoms with Crippen LogP contribution in [0.15, 0.2) is 54.6 Å². The first-order valence-electron chi connectivity index (χ1n) is 7.84. The second-order valence-corrected chi connectivity index (χ2v) is 8.97. The Balaban J connectivity index is 1.90. The van der Waals surface area contributed by atoms with Crippen LogP contribution in [0.4, 0.5) is 0 Å². The highest BCUT2D eigenvalue weighted by Crippen LogP contribution is 2.11. The van der Waals surface area contributed by atoms with Gasteiger partial charge in [0.15, 0.2) is 0 Å². The zero-order valence-electron chi connectivity index (χ0n) is 14.0. The van der Waals surface area contributed by atoms with Gasteiger partial charge in [-0.1, -0.05) is 36.3 Å². The van der Waals surface area contributed by atoms with E-state index in [-0.39, 0.29) is 11.7 Å². The van der Waals surface area contributed by atoms with E-state index in [4.69, 9.17) is 0 Å². The van der Waals surface area contributed by atoms with E-state index in [1.165, 1.54) is 5.56 Å². The Kier molecular flexibility index (Phi) is 6.61. The molecule has 0 aliphatic rings. The predicted molar refractivity (Wildman–Crippen MR) is 99.0 cm³/mol. The van der Waals surface area contributed by atoms with E-state index < -0.39 is 8.96 Å². The van der Waals surface area contributed by atoms with E-state index in [2.05, 4.69) is 21.7 Å². The monoisotopic (exact) mass is 338 g/mol. The van der Waals surface area contributed by atoms with Gasteiger partial charge in [0.25, 0.3) is 5.91 Å². The van der Waals surface area contributed by atoms with Crippen molar-refractivity contribution in [2.45, 2.75) is 6.04 Å². The van der Waals surface area contributed by atoms with Gasteiger partial charge in [-0.25, -0.2) is 0 Å². The number of hydrogen-bond acceptors (Lipinski definition) is 3. The number of phenolic OH excluding ortho intramolecular Hbond substituents is 1. The second-order valence-electron chi connectivity index (χ2n) is 5.81. The van der Waals surface area contributed by atoms with Crippen LogP contribution in [-0.2, 0) is 10.8 Å². The number of carbonyl (C=O) groups is 1. The third-order valence-corrected chi connectivity index (χ3v) is 6.81. The molecule has 2 aromatic carbocycles. The minimum Gasteiger partial charge on any atom is -0.508 e. The second kappa shape index (κ2) is 8.92. The topological polar surface area (TPSA) is 52.6 Å². The summed E-state index contributed by atoms with van der Waals surface area (Å²) in [5.74, 6) is 5.52. The van der Waals surface area contributed by atoms with Crippen LogP contribution in [0.3, 0.4) is 0 Å². The first-order valence-corrected chi connectivity index (χ1v) is 9.99. The van der Waals surface area contributed by atoms with Crippen molar-refractivity contribution in [3.05, 3.63) is 65.7 Å². The zero-order valence-corrected chi connectivity index (χ0v) is 15.1. The van der Waals surface area contributed by atoms with Crippen LogP contribution in [0.2, 0.25) is 0 Å². The maximum Gasteiger partial charge on any atom is 0.296 e. The molecule has 0 aliphatic carbocycles. The van der Waals surface area contributed by atoms with E-state index in [1.54, 1.807) is 12.1 Å². The number of hydrogen-bond donors (Lipinski definition) is 2. The fraction of sp³-hybridized carbons (Fsp3) is 0.211. The van der Waals surface area contributed by atoms with Crippen LogP contribution < -0.4 is 5.32 Å². The van der Waals surface area contributed by atoms with Gasteiger partial charge in [0, 0.05) is 17.7 Å². The Morgan fingerprint density at radius 3 is 2.42 bits per heavy atom. The third kappa shape index (κ3) is 5.92. The van der Waals surface area contributed by atoms with Crippen molar-refractivity contribution in [1.82, 2.24) is 9.88 Å². The average Bonchev–Trinajstić information content (AvgIpc) is 2.59. The fourth-order valence-corrected chi connectivity index (χ4v) is 4.36. The predicted octanol–water partition coefficient (Wildman–Crippen LogP) is 1.47. The SMILES string of the molecule is CN(C)[Si@H](CNC(=O)C#Cc1ccccc1)Cc1ccc(O)cc1. The van der Waals surface area contributed by atoms with E-state index in [0.29, 0.717) is 6.17 Å². The summed E-state index contributed by atoms with van der Waals surface area (Å²) in [4.78, 5) is 11.9. The average molecular weight is 338 g/mol. The molecule has 24 heavy (non-hydrogen) atoms. The van der Waals surface area contributed by atoms with Crippen LogP contribution >= 0.6 is 0 Å². The van der Waals surface area contributed by atoms with Crippen molar-refractivity contribution in [1.29, 1.82) is 0 Å². The highest BCUT2D eigenvalue weighted by Gasteiger charge is 2.15. The summed E-state index contributed by atoms with van der Waals surface area (Å²) in [5, 5.41) is 12.3. The Labute approximate surface area is 144 Å². The van der Waals surface area contributed by atoms with Gasteiger partial charge in [-0.3, -0.25) is 4.79 Å². The molecule has 0 radical (unpaired) electrons. The van der Waals surface area contributed by atoms with Crippen molar-refractivity contribution in [2.75, 3.05) is 20.3 Å². The standard InChI is InChI=1S/C19H22N2O2Si/c1-21(2)24(14-17-8-11-18(22)12-9-17)15-20-19(23)13-10-16-6-4-3-5-7-16/h3-9,11-12,22,24H,14-15H2,1-2H3,(H,20,23)/t24-/m0/s1. The van der Waals surface area contributed by atoms with Crippen LogP contribution in [0.1, 0.15) is 11.1 Å². The highest BCUT2D eigenvalue weighted by molar-refractivity contribution is 6.55. The summed E-state index contributed by atoms with van der Waals surface area (Å²) >= 11 is 0. The summed E-state index contributed by atoms with van der Waals surface area (Å²) in [6.07, 6.45) is 0.649. The summed E-state index contributed by atoms with van der Waals surface area (Å²) < 4.78 is 2.21. The molecule has 1 amide bonds. The van der Waals surface area contributed by atoms with Gasteiger partial charge in [-0.2, -0.15) is 0 Å². The van der Waals surface area contributed by atoms with Crippen LogP contribution in [0, 0.1) is 11.8 Å². The molecule has 0 bridgehead atoms. The molecule has 0 saturated heterocycles. The normalized spacial score (nSPS) is 11.5. The smallest absolute Gasteiger partial charge is 0.296 e. The van der Waals surface area contributed by atoms with Crippen molar-refractivity contribution in [2.24, 2.45) is 0 Å². The molecule has 1 atom stereocenters. The lowest BCUT2D eigenvalue weighted by atomic mass is 10.2. The number of nitrogens with one attached hydrogen (secondary N) is 1. The largest absolute Gasteiger partial charge is 0.508 e. The number of carbonyl (C=O) groups excluding carboxylic acids is 1. The number of rotatable bonds is 5. The molecule has 2 aromatic rings. The van der Waals surface area contributed by atoms with Gasteiger partial charge in [-0.05, 0) is 50.0 Å². The molecule has 0 saturated carbocycles. The highest BCUT2D eigenvalue weighted by atomic mass is 28.3. The molecular weight excluding hydrogens is 316 g/mol. The quantitative estimate of drug-likeness (QED) is 0.641. The number of benzene rings is 2. The number of aromatic hydroxyl groups is 1. The van der Waals surface area contributed by atoms with Gasteiger partial charge in [0.05, 0.1) is 0 Å². The first kappa shape index (κ1) is 17.8. The molecule has 0 aliphatic heterocycles. The van der Waals surface area contributed by atoms with Crippen LogP contribution in [0.5, 0.6) is 5.75 Å². The minimum atomic E-state index is -1.35. The van der Waals surface area contributed by atoms with Crippen molar-refractivity contribution in [3.8, 4) is 17.6 Å². The van der Waals surface area contributed by atoms with Crippen molar-refractivity contribution >= 4 is 14.9 Å². The van der Waals surface area contributed by atoms with E-state index in [9.17, 15) is 9.90 Å². The summed E-state index contributed by atoms with van der Waals surface area (Å²) in [5.41, 5.74) is 2.00. The Hall–Kier alpha value is -2.55. The lowest BCUT2D eigenvalue weighted by Crippen LogP contribution is -2.45. The third-order valence-electron chi connectivity index (χ3n) is 3.73. The van der Waals surface area contributed by atoms with Crippen LogP contribution in [0.25, 0.3) is 0 Å². The van der Waals surface area contributed by atoms with Gasteiger partial charge < -0.3 is 15.0 Å². The van der Waals surface area contributed by atoms with E-state index in [1.807, 2.05) is 56.6 Å². The molecular formula is C19H22N2O2Si. The molecule has 0 fully saturated rings. The number of phenols is 1. The molecule has 0 heterocycles. The van der Waals surface area contributed by atoms with E-state index >= 15 is 0 Å². The maximum atomic E-state index is 11.9. The number of nitrogens with zero attached hydrogens (tertiary/aromatic N) is 1. The van der Waals surface area contributed by atoms with Crippen LogP contribution in [-0.4, -0.2) is 44.8 Å². The molecule has 5 heteroatoms. The Bertz CT molecular complexity index is 719. The molecule has 2 N–H and O–H groups in total. The zero-order chi connectivity index (χ0) is 17.4. The Morgan fingerprint density at radius 2 is 1.79 bits per heavy atom. The summed E-state index contributed by atoms with van der Waals surface area (Å²) in [6, 6.07) is 17.6. The molecule has 4 nitrogen and oxygen atoms in total. The molecule has 0 aromatic heterocycles. The van der Waals surface area contributed by atoms with Gasteiger partial charge >= 0.3 is 0 Å². The molecule has 0 spiro atoms. The van der Waals surface area contributed by atoms with Gasteiger partial charge in [-0.15, -0.1) is 0 Å². The first-order chi connectivity index (χ1) is 11.5. The fourth-order valence-electron chi connectivity index (χ4n) is 2.25. The minimum absolute atomic E-state index is 0.246. The van der Waals surface area contributed by atoms with Crippen molar-refractivity contribution in [3.63, 3.8) is 0 Å². The Morgan fingerprint density at radius 1 is 1.12 bits per heavy atom. The summed E-state index contributed by atoms with van der Waals surface area (Å²) in [6.45, 7) is 0. The van der Waals surface area contributed by atoms with Gasteiger partial charge in [0.2, 0.25) is 0 Å². The number of amides is 1.